The number of hydrogen-bond acceptors (Lipinski definition) is 7. The number of thioether (sulfide) groups is 1. The summed E-state index contributed by atoms with van der Waals surface area (Å²) in [5, 5.41) is 13.9. The van der Waals surface area contributed by atoms with Gasteiger partial charge in [0.2, 0.25) is 11.8 Å². The Morgan fingerprint density at radius 2 is 1.88 bits per heavy atom. The Morgan fingerprint density at radius 1 is 1.06 bits per heavy atom. The molecule has 4 amide bonds. The van der Waals surface area contributed by atoms with E-state index in [-0.39, 0.29) is 12.8 Å². The molecule has 0 atom stereocenters. The molecule has 0 unspecified atom stereocenters. The molecule has 0 bridgehead atoms. The van der Waals surface area contributed by atoms with Gasteiger partial charge in [0.05, 0.1) is 12.8 Å². The van der Waals surface area contributed by atoms with Crippen LogP contribution in [-0.2, 0) is 29.1 Å². The van der Waals surface area contributed by atoms with Gasteiger partial charge in [-0.2, -0.15) is 0 Å². The lowest BCUT2D eigenvalue weighted by atomic mass is 10.2. The van der Waals surface area contributed by atoms with E-state index < -0.39 is 17.8 Å². The number of primary amides is 1. The SMILES string of the molecule is NC(=O)CCc1nnc(SCCC(=O)NC(=O)NCc2ccccc2)n1Cc1ccco1. The number of nitrogens with two attached hydrogens (primary N) is 1. The third-order valence-corrected chi connectivity index (χ3v) is 5.36. The van der Waals surface area contributed by atoms with Crippen molar-refractivity contribution in [3.8, 4) is 0 Å². The van der Waals surface area contributed by atoms with Gasteiger partial charge >= 0.3 is 6.03 Å². The van der Waals surface area contributed by atoms with Gasteiger partial charge in [-0.1, -0.05) is 42.1 Å². The molecule has 3 aromatic rings. The molecule has 0 spiro atoms. The minimum Gasteiger partial charge on any atom is -0.467 e. The van der Waals surface area contributed by atoms with Crippen LogP contribution in [0.3, 0.4) is 0 Å². The number of urea groups is 1. The first-order chi connectivity index (χ1) is 15.5. The largest absolute Gasteiger partial charge is 0.467 e. The number of rotatable bonds is 11. The van der Waals surface area contributed by atoms with Gasteiger partial charge in [0, 0.05) is 31.6 Å². The zero-order chi connectivity index (χ0) is 22.8. The predicted octanol–water partition coefficient (Wildman–Crippen LogP) is 1.85. The van der Waals surface area contributed by atoms with E-state index in [1.54, 1.807) is 12.3 Å². The molecule has 3 rings (SSSR count). The highest BCUT2D eigenvalue weighted by Gasteiger charge is 2.16. The van der Waals surface area contributed by atoms with Crippen molar-refractivity contribution in [3.05, 3.63) is 65.9 Å². The van der Waals surface area contributed by atoms with Crippen LogP contribution in [0.5, 0.6) is 0 Å². The molecule has 168 valence electrons. The standard InChI is InChI=1S/C21H24N6O4S/c22-17(28)8-9-18-25-26-21(27(18)14-16-7-4-11-31-16)32-12-10-19(29)24-20(30)23-13-15-5-2-1-3-6-15/h1-7,11H,8-10,12-14H2,(H2,22,28)(H2,23,24,29,30). The number of aryl methyl sites for hydroxylation is 1. The van der Waals surface area contributed by atoms with Crippen LogP contribution in [0, 0.1) is 0 Å². The fourth-order valence-electron chi connectivity index (χ4n) is 2.81. The molecule has 4 N–H and O–H groups in total. The number of carbonyl (C=O) groups excluding carboxylic acids is 3. The number of nitrogens with zero attached hydrogens (tertiary/aromatic N) is 3. The van der Waals surface area contributed by atoms with Gasteiger partial charge in [-0.15, -0.1) is 10.2 Å². The topological polar surface area (TPSA) is 145 Å². The van der Waals surface area contributed by atoms with Crippen molar-refractivity contribution in [2.45, 2.75) is 37.5 Å². The molecule has 0 saturated heterocycles. The molecule has 1 aromatic carbocycles. The number of carbonyl (C=O) groups is 3. The highest BCUT2D eigenvalue weighted by atomic mass is 32.2. The van der Waals surface area contributed by atoms with Gasteiger partial charge in [-0.05, 0) is 17.7 Å². The van der Waals surface area contributed by atoms with Crippen molar-refractivity contribution in [2.24, 2.45) is 5.73 Å². The number of imide groups is 1. The highest BCUT2D eigenvalue weighted by molar-refractivity contribution is 7.99. The molecule has 0 saturated carbocycles. The minimum absolute atomic E-state index is 0.119. The third-order valence-electron chi connectivity index (χ3n) is 4.39. The van der Waals surface area contributed by atoms with Crippen molar-refractivity contribution in [2.75, 3.05) is 5.75 Å². The Bertz CT molecular complexity index is 1040. The average molecular weight is 457 g/mol. The first-order valence-corrected chi connectivity index (χ1v) is 11.0. The fraction of sp³-hybridized carbons (Fsp3) is 0.286. The average Bonchev–Trinajstić information content (AvgIpc) is 3.42. The van der Waals surface area contributed by atoms with Crippen LogP contribution in [0.2, 0.25) is 0 Å². The molecule has 0 aliphatic rings. The van der Waals surface area contributed by atoms with E-state index in [9.17, 15) is 14.4 Å². The van der Waals surface area contributed by atoms with Crippen LogP contribution in [0.25, 0.3) is 0 Å². The van der Waals surface area contributed by atoms with Crippen molar-refractivity contribution < 1.29 is 18.8 Å². The zero-order valence-corrected chi connectivity index (χ0v) is 18.1. The fourth-order valence-corrected chi connectivity index (χ4v) is 3.70. The van der Waals surface area contributed by atoms with Crippen LogP contribution in [-0.4, -0.2) is 38.4 Å². The van der Waals surface area contributed by atoms with Gasteiger partial charge in [0.25, 0.3) is 0 Å². The monoisotopic (exact) mass is 456 g/mol. The highest BCUT2D eigenvalue weighted by Crippen LogP contribution is 2.20. The maximum Gasteiger partial charge on any atom is 0.321 e. The van der Waals surface area contributed by atoms with E-state index in [0.717, 1.165) is 5.56 Å². The molecule has 0 fully saturated rings. The maximum absolute atomic E-state index is 12.1. The lowest BCUT2D eigenvalue weighted by Gasteiger charge is -2.09. The summed E-state index contributed by atoms with van der Waals surface area (Å²) in [6.07, 6.45) is 2.20. The van der Waals surface area contributed by atoms with E-state index in [1.807, 2.05) is 41.0 Å². The minimum atomic E-state index is -0.543. The first-order valence-electron chi connectivity index (χ1n) is 9.98. The molecule has 0 radical (unpaired) electrons. The van der Waals surface area contributed by atoms with Gasteiger partial charge in [0.1, 0.15) is 11.6 Å². The molecular formula is C21H24N6O4S. The van der Waals surface area contributed by atoms with Gasteiger partial charge in [0.15, 0.2) is 5.16 Å². The Labute approximate surface area is 188 Å². The van der Waals surface area contributed by atoms with Crippen LogP contribution in [0.15, 0.2) is 58.3 Å². The summed E-state index contributed by atoms with van der Waals surface area (Å²) in [6.45, 7) is 0.725. The van der Waals surface area contributed by atoms with Crippen LogP contribution < -0.4 is 16.4 Å². The summed E-state index contributed by atoms with van der Waals surface area (Å²) in [5.74, 6) is 0.888. The van der Waals surface area contributed by atoms with Crippen molar-refractivity contribution in [1.29, 1.82) is 0 Å². The van der Waals surface area contributed by atoms with Crippen molar-refractivity contribution in [3.63, 3.8) is 0 Å². The first kappa shape index (κ1) is 23.1. The number of aromatic nitrogens is 3. The second kappa shape index (κ2) is 11.7. The number of hydrogen-bond donors (Lipinski definition) is 3. The van der Waals surface area contributed by atoms with Crippen LogP contribution in [0.4, 0.5) is 4.79 Å². The summed E-state index contributed by atoms with van der Waals surface area (Å²) < 4.78 is 7.23. The Kier molecular flexibility index (Phi) is 8.44. The van der Waals surface area contributed by atoms with Crippen LogP contribution in [0.1, 0.15) is 30.0 Å². The summed E-state index contributed by atoms with van der Waals surface area (Å²) in [6, 6.07) is 12.5. The smallest absolute Gasteiger partial charge is 0.321 e. The predicted molar refractivity (Wildman–Crippen MR) is 118 cm³/mol. The van der Waals surface area contributed by atoms with Gasteiger partial charge in [-0.3, -0.25) is 19.5 Å². The second-order valence-corrected chi connectivity index (χ2v) is 7.91. The van der Waals surface area contributed by atoms with E-state index >= 15 is 0 Å². The lowest BCUT2D eigenvalue weighted by Crippen LogP contribution is -2.39. The van der Waals surface area contributed by atoms with E-state index in [2.05, 4.69) is 20.8 Å². The number of benzene rings is 1. The lowest BCUT2D eigenvalue weighted by molar-refractivity contribution is -0.120. The van der Waals surface area contributed by atoms with E-state index in [4.69, 9.17) is 10.2 Å². The molecule has 2 heterocycles. The molecule has 32 heavy (non-hydrogen) atoms. The summed E-state index contributed by atoms with van der Waals surface area (Å²) in [4.78, 5) is 35.1. The van der Waals surface area contributed by atoms with E-state index in [1.165, 1.54) is 11.8 Å². The molecule has 10 nitrogen and oxygen atoms in total. The third kappa shape index (κ3) is 7.27. The quantitative estimate of drug-likeness (QED) is 0.373. The Hall–Kier alpha value is -3.60. The van der Waals surface area contributed by atoms with Gasteiger partial charge < -0.3 is 15.5 Å². The summed E-state index contributed by atoms with van der Waals surface area (Å²) in [7, 11) is 0. The molecule has 0 aliphatic heterocycles. The van der Waals surface area contributed by atoms with E-state index in [0.29, 0.717) is 42.0 Å². The van der Waals surface area contributed by atoms with Crippen LogP contribution >= 0.6 is 11.8 Å². The van der Waals surface area contributed by atoms with Gasteiger partial charge in [-0.25, -0.2) is 4.79 Å². The Balaban J connectivity index is 1.49. The normalized spacial score (nSPS) is 10.6. The zero-order valence-electron chi connectivity index (χ0n) is 17.3. The molecule has 11 heteroatoms. The molecule has 2 aromatic heterocycles. The summed E-state index contributed by atoms with van der Waals surface area (Å²) >= 11 is 1.33. The maximum atomic E-state index is 12.1. The molecule has 0 aliphatic carbocycles. The number of furan rings is 1. The Morgan fingerprint density at radius 3 is 2.59 bits per heavy atom. The van der Waals surface area contributed by atoms with Crippen molar-refractivity contribution >= 4 is 29.6 Å². The van der Waals surface area contributed by atoms with Crippen molar-refractivity contribution in [1.82, 2.24) is 25.4 Å². The second-order valence-electron chi connectivity index (χ2n) is 6.85. The summed E-state index contributed by atoms with van der Waals surface area (Å²) in [5.41, 5.74) is 6.18. The number of nitrogens with one attached hydrogen (secondary N) is 2. The number of amides is 4. The molecular weight excluding hydrogens is 432 g/mol.